The fraction of sp³-hybridized carbons (Fsp3) is 0.259. The second kappa shape index (κ2) is 11.4. The lowest BCUT2D eigenvalue weighted by Crippen LogP contribution is -2.32. The van der Waals surface area contributed by atoms with E-state index < -0.39 is 0 Å². The number of anilines is 3. The summed E-state index contributed by atoms with van der Waals surface area (Å²) in [6.45, 7) is 6.21. The second-order valence-corrected chi connectivity index (χ2v) is 9.50. The number of nitrogens with one attached hydrogen (secondary N) is 1. The third-order valence-electron chi connectivity index (χ3n) is 6.11. The van der Waals surface area contributed by atoms with Crippen LogP contribution in [0.3, 0.4) is 0 Å². The van der Waals surface area contributed by atoms with Crippen LogP contribution in [0.2, 0.25) is 0 Å². The van der Waals surface area contributed by atoms with Crippen LogP contribution in [-0.4, -0.2) is 53.7 Å². The van der Waals surface area contributed by atoms with Crippen LogP contribution in [0, 0.1) is 5.82 Å². The van der Waals surface area contributed by atoms with Crippen molar-refractivity contribution in [3.63, 3.8) is 0 Å². The van der Waals surface area contributed by atoms with Gasteiger partial charge in [0.2, 0.25) is 0 Å². The molecular formula is C27H29FN4O2S. The molecule has 1 amide bonds. The normalized spacial score (nSPS) is 16.0. The predicted molar refractivity (Wildman–Crippen MR) is 141 cm³/mol. The minimum Gasteiger partial charge on any atom is -0.395 e. The molecule has 0 radical (unpaired) electrons. The van der Waals surface area contributed by atoms with Crippen molar-refractivity contribution in [2.45, 2.75) is 18.9 Å². The molecular weight excluding hydrogens is 463 g/mol. The molecule has 0 aliphatic carbocycles. The van der Waals surface area contributed by atoms with Gasteiger partial charge in [-0.3, -0.25) is 9.69 Å². The van der Waals surface area contributed by atoms with E-state index >= 15 is 0 Å². The highest BCUT2D eigenvalue weighted by Crippen LogP contribution is 2.26. The van der Waals surface area contributed by atoms with Crippen LogP contribution >= 0.6 is 11.3 Å². The van der Waals surface area contributed by atoms with Crippen LogP contribution in [0.1, 0.15) is 28.1 Å². The van der Waals surface area contributed by atoms with Gasteiger partial charge in [-0.15, -0.1) is 0 Å². The Morgan fingerprint density at radius 3 is 2.74 bits per heavy atom. The Bertz CT molecular complexity index is 1190. The van der Waals surface area contributed by atoms with Gasteiger partial charge >= 0.3 is 0 Å². The smallest absolute Gasteiger partial charge is 0.269 e. The molecule has 0 saturated carbocycles. The molecule has 1 aromatic heterocycles. The highest BCUT2D eigenvalue weighted by atomic mass is 32.1. The molecule has 2 N–H and O–H groups in total. The first-order valence-electron chi connectivity index (χ1n) is 11.5. The van der Waals surface area contributed by atoms with E-state index in [2.05, 4.69) is 27.9 Å². The molecule has 4 rings (SSSR count). The standard InChI is InChI=1S/C27H29FN4O2S/c1-19(5-3-15-32-16-4-6-24(32)18-33)20-7-11-22(12-8-20)30-27-29-17-25(35-27)26(34)31(2)23-13-9-21(28)10-14-23/h3,5,7-14,17,24,33H,1,4,6,15-16,18H2,2H3,(H,29,30)/b5-3+. The molecule has 1 fully saturated rings. The molecule has 6 nitrogen and oxygen atoms in total. The van der Waals surface area contributed by atoms with E-state index in [1.807, 2.05) is 30.3 Å². The van der Waals surface area contributed by atoms with Gasteiger partial charge in [-0.2, -0.15) is 0 Å². The number of hydrogen-bond donors (Lipinski definition) is 2. The summed E-state index contributed by atoms with van der Waals surface area (Å²) in [5.74, 6) is -0.553. The summed E-state index contributed by atoms with van der Waals surface area (Å²) in [7, 11) is 1.65. The number of aromatic nitrogens is 1. The molecule has 1 saturated heterocycles. The summed E-state index contributed by atoms with van der Waals surface area (Å²) in [4.78, 5) is 21.3. The van der Waals surface area contributed by atoms with E-state index in [9.17, 15) is 14.3 Å². The van der Waals surface area contributed by atoms with Gasteiger partial charge in [-0.05, 0) is 66.9 Å². The van der Waals surface area contributed by atoms with Gasteiger partial charge in [0.25, 0.3) is 5.91 Å². The lowest BCUT2D eigenvalue weighted by molar-refractivity contribution is 0.0996. The highest BCUT2D eigenvalue weighted by molar-refractivity contribution is 7.17. The summed E-state index contributed by atoms with van der Waals surface area (Å²) in [5, 5.41) is 13.3. The third-order valence-corrected chi connectivity index (χ3v) is 7.01. The fourth-order valence-corrected chi connectivity index (χ4v) is 4.85. The number of rotatable bonds is 9. The molecule has 1 unspecified atom stereocenters. The quantitative estimate of drug-likeness (QED) is 0.395. The maximum Gasteiger partial charge on any atom is 0.269 e. The van der Waals surface area contributed by atoms with Crippen molar-refractivity contribution in [2.24, 2.45) is 0 Å². The Balaban J connectivity index is 1.32. The number of likely N-dealkylation sites (tertiary alicyclic amines) is 1. The fourth-order valence-electron chi connectivity index (χ4n) is 4.04. The number of carbonyl (C=O) groups is 1. The highest BCUT2D eigenvalue weighted by Gasteiger charge is 2.22. The van der Waals surface area contributed by atoms with Gasteiger partial charge in [0.15, 0.2) is 5.13 Å². The Labute approximate surface area is 209 Å². The third kappa shape index (κ3) is 6.22. The Hall–Kier alpha value is -3.33. The SMILES string of the molecule is C=C(/C=C/CN1CCCC1CO)c1ccc(Nc2ncc(C(=O)N(C)c3ccc(F)cc3)s2)cc1. The van der Waals surface area contributed by atoms with Crippen molar-refractivity contribution >= 4 is 39.3 Å². The van der Waals surface area contributed by atoms with Crippen molar-refractivity contribution in [3.8, 4) is 0 Å². The lowest BCUT2D eigenvalue weighted by Gasteiger charge is -2.20. The van der Waals surface area contributed by atoms with Crippen LogP contribution in [0.5, 0.6) is 0 Å². The maximum absolute atomic E-state index is 13.2. The molecule has 3 aromatic rings. The minimum atomic E-state index is -0.345. The molecule has 182 valence electrons. The topological polar surface area (TPSA) is 68.7 Å². The summed E-state index contributed by atoms with van der Waals surface area (Å²) >= 11 is 1.26. The number of halogens is 1. The van der Waals surface area contributed by atoms with Gasteiger partial charge in [0.05, 0.1) is 12.8 Å². The van der Waals surface area contributed by atoms with Gasteiger partial charge < -0.3 is 15.3 Å². The molecule has 0 spiro atoms. The van der Waals surface area contributed by atoms with Crippen LogP contribution in [0.4, 0.5) is 20.9 Å². The number of allylic oxidation sites excluding steroid dienone is 2. The van der Waals surface area contributed by atoms with Crippen LogP contribution in [0.15, 0.2) is 73.5 Å². The number of hydrogen-bond acceptors (Lipinski definition) is 6. The van der Waals surface area contributed by atoms with Crippen molar-refractivity contribution in [3.05, 3.63) is 89.7 Å². The number of thiazole rings is 1. The monoisotopic (exact) mass is 492 g/mol. The summed E-state index contributed by atoms with van der Waals surface area (Å²) in [6, 6.07) is 13.9. The van der Waals surface area contributed by atoms with Crippen LogP contribution < -0.4 is 10.2 Å². The predicted octanol–water partition coefficient (Wildman–Crippen LogP) is 5.33. The Morgan fingerprint density at radius 1 is 1.29 bits per heavy atom. The molecule has 2 aromatic carbocycles. The van der Waals surface area contributed by atoms with Crippen molar-refractivity contribution < 1.29 is 14.3 Å². The summed E-state index contributed by atoms with van der Waals surface area (Å²) in [6.07, 6.45) is 7.84. The van der Waals surface area contributed by atoms with E-state index in [0.29, 0.717) is 15.7 Å². The molecule has 1 aliphatic heterocycles. The Kier molecular flexibility index (Phi) is 8.07. The van der Waals surface area contributed by atoms with Crippen LogP contribution in [-0.2, 0) is 0 Å². The van der Waals surface area contributed by atoms with E-state index in [1.165, 1.54) is 34.6 Å². The zero-order valence-corrected chi connectivity index (χ0v) is 20.5. The molecule has 1 atom stereocenters. The van der Waals surface area contributed by atoms with E-state index in [1.54, 1.807) is 19.2 Å². The molecule has 2 heterocycles. The molecule has 0 bridgehead atoms. The average molecular weight is 493 g/mol. The number of aliphatic hydroxyl groups excluding tert-OH is 1. The van der Waals surface area contributed by atoms with Crippen molar-refractivity contribution in [2.75, 3.05) is 37.0 Å². The zero-order valence-electron chi connectivity index (χ0n) is 19.7. The van der Waals surface area contributed by atoms with Gasteiger partial charge in [0, 0.05) is 31.0 Å². The molecule has 35 heavy (non-hydrogen) atoms. The second-order valence-electron chi connectivity index (χ2n) is 8.47. The van der Waals surface area contributed by atoms with Crippen LogP contribution in [0.25, 0.3) is 5.57 Å². The molecule has 1 aliphatic rings. The van der Waals surface area contributed by atoms with E-state index in [0.717, 1.165) is 42.8 Å². The summed E-state index contributed by atoms with van der Waals surface area (Å²) in [5.41, 5.74) is 3.40. The number of amides is 1. The maximum atomic E-state index is 13.2. The molecule has 8 heteroatoms. The number of nitrogens with zero attached hydrogens (tertiary/aromatic N) is 3. The number of aliphatic hydroxyl groups is 1. The van der Waals surface area contributed by atoms with Gasteiger partial charge in [-0.25, -0.2) is 9.37 Å². The number of benzene rings is 2. The largest absolute Gasteiger partial charge is 0.395 e. The van der Waals surface area contributed by atoms with E-state index in [-0.39, 0.29) is 24.4 Å². The van der Waals surface area contributed by atoms with Crippen molar-refractivity contribution in [1.29, 1.82) is 0 Å². The zero-order chi connectivity index (χ0) is 24.8. The first kappa shape index (κ1) is 24.8. The first-order chi connectivity index (χ1) is 16.9. The van der Waals surface area contributed by atoms with Crippen molar-refractivity contribution in [1.82, 2.24) is 9.88 Å². The summed E-state index contributed by atoms with van der Waals surface area (Å²) < 4.78 is 13.2. The lowest BCUT2D eigenvalue weighted by atomic mass is 10.1. The van der Waals surface area contributed by atoms with Gasteiger partial charge in [0.1, 0.15) is 10.7 Å². The Morgan fingerprint density at radius 2 is 2.03 bits per heavy atom. The minimum absolute atomic E-state index is 0.208. The van der Waals surface area contributed by atoms with E-state index in [4.69, 9.17) is 0 Å². The number of carbonyl (C=O) groups excluding carboxylic acids is 1. The van der Waals surface area contributed by atoms with Gasteiger partial charge in [-0.1, -0.05) is 42.2 Å². The first-order valence-corrected chi connectivity index (χ1v) is 12.3. The average Bonchev–Trinajstić information content (AvgIpc) is 3.53.